The second-order valence-electron chi connectivity index (χ2n) is 4.58. The summed E-state index contributed by atoms with van der Waals surface area (Å²) in [4.78, 5) is 16.0. The minimum absolute atomic E-state index is 0.0962. The van der Waals surface area contributed by atoms with Gasteiger partial charge >= 0.3 is 6.03 Å². The Morgan fingerprint density at radius 3 is 2.94 bits per heavy atom. The molecule has 1 aliphatic rings. The van der Waals surface area contributed by atoms with Gasteiger partial charge < -0.3 is 10.6 Å². The summed E-state index contributed by atoms with van der Waals surface area (Å²) >= 11 is 1.62. The topological polar surface area (TPSA) is 54.0 Å². The van der Waals surface area contributed by atoms with E-state index in [1.807, 2.05) is 24.3 Å². The van der Waals surface area contributed by atoms with E-state index in [1.165, 1.54) is 12.8 Å². The molecule has 0 bridgehead atoms. The zero-order valence-electron chi connectivity index (χ0n) is 9.98. The molecule has 1 saturated carbocycles. The largest absolute Gasteiger partial charge is 0.338 e. The number of hydrogen-bond donors (Lipinski definition) is 2. The van der Waals surface area contributed by atoms with E-state index in [4.69, 9.17) is 0 Å². The molecule has 0 atom stereocenters. The monoisotopic (exact) mass is 261 g/mol. The fourth-order valence-electron chi connectivity index (χ4n) is 1.77. The average Bonchev–Trinajstić information content (AvgIpc) is 3.11. The Morgan fingerprint density at radius 1 is 1.33 bits per heavy atom. The Morgan fingerprint density at radius 2 is 2.17 bits per heavy atom. The number of nitrogens with zero attached hydrogens (tertiary/aromatic N) is 1. The van der Waals surface area contributed by atoms with Crippen molar-refractivity contribution in [2.24, 2.45) is 5.92 Å². The molecule has 2 aromatic rings. The molecule has 18 heavy (non-hydrogen) atoms. The van der Waals surface area contributed by atoms with Gasteiger partial charge in [-0.15, -0.1) is 11.3 Å². The first-order chi connectivity index (χ1) is 8.81. The lowest BCUT2D eigenvalue weighted by atomic mass is 10.3. The van der Waals surface area contributed by atoms with Crippen LogP contribution < -0.4 is 10.6 Å². The normalized spacial score (nSPS) is 14.7. The fourth-order valence-corrected chi connectivity index (χ4v) is 2.68. The van der Waals surface area contributed by atoms with E-state index in [0.29, 0.717) is 12.5 Å². The van der Waals surface area contributed by atoms with Gasteiger partial charge in [0.05, 0.1) is 16.8 Å². The van der Waals surface area contributed by atoms with Crippen LogP contribution in [0.4, 0.5) is 4.79 Å². The molecule has 2 amide bonds. The molecule has 1 fully saturated rings. The quantitative estimate of drug-likeness (QED) is 0.888. The van der Waals surface area contributed by atoms with E-state index in [0.717, 1.165) is 21.8 Å². The number of carbonyl (C=O) groups excluding carboxylic acids is 1. The van der Waals surface area contributed by atoms with Crippen LogP contribution in [0.15, 0.2) is 24.3 Å². The fraction of sp³-hybridized carbons (Fsp3) is 0.385. The van der Waals surface area contributed by atoms with E-state index >= 15 is 0 Å². The number of nitrogens with one attached hydrogen (secondary N) is 2. The smallest absolute Gasteiger partial charge is 0.315 e. The van der Waals surface area contributed by atoms with Crippen LogP contribution >= 0.6 is 11.3 Å². The van der Waals surface area contributed by atoms with Gasteiger partial charge in [-0.05, 0) is 30.9 Å². The zero-order valence-corrected chi connectivity index (χ0v) is 10.8. The van der Waals surface area contributed by atoms with Crippen LogP contribution in [-0.2, 0) is 6.54 Å². The number of amides is 2. The zero-order chi connectivity index (χ0) is 12.4. The van der Waals surface area contributed by atoms with E-state index in [9.17, 15) is 4.79 Å². The molecule has 5 heteroatoms. The molecule has 1 aromatic heterocycles. The molecule has 0 aliphatic heterocycles. The number of aromatic nitrogens is 1. The van der Waals surface area contributed by atoms with Gasteiger partial charge in [0.25, 0.3) is 0 Å². The molecule has 1 heterocycles. The highest BCUT2D eigenvalue weighted by molar-refractivity contribution is 7.18. The maximum absolute atomic E-state index is 11.5. The Bertz CT molecular complexity index is 529. The first-order valence-corrected chi connectivity index (χ1v) is 6.99. The Balaban J connectivity index is 1.53. The van der Waals surface area contributed by atoms with Gasteiger partial charge in [-0.1, -0.05) is 12.1 Å². The van der Waals surface area contributed by atoms with E-state index in [1.54, 1.807) is 11.3 Å². The van der Waals surface area contributed by atoms with Crippen molar-refractivity contribution in [3.63, 3.8) is 0 Å². The maximum atomic E-state index is 11.5. The van der Waals surface area contributed by atoms with Crippen molar-refractivity contribution < 1.29 is 4.79 Å². The summed E-state index contributed by atoms with van der Waals surface area (Å²) in [6, 6.07) is 7.91. The number of para-hydroxylation sites is 1. The number of hydrogen-bond acceptors (Lipinski definition) is 3. The summed E-state index contributed by atoms with van der Waals surface area (Å²) in [6.07, 6.45) is 2.50. The van der Waals surface area contributed by atoms with Crippen molar-refractivity contribution >= 4 is 27.6 Å². The second-order valence-corrected chi connectivity index (χ2v) is 5.70. The van der Waals surface area contributed by atoms with E-state index in [2.05, 4.69) is 15.6 Å². The van der Waals surface area contributed by atoms with Crippen molar-refractivity contribution in [2.75, 3.05) is 6.54 Å². The number of carbonyl (C=O) groups is 1. The summed E-state index contributed by atoms with van der Waals surface area (Å²) in [5.41, 5.74) is 0.998. The molecular formula is C13H15N3OS. The number of thiazole rings is 1. The van der Waals surface area contributed by atoms with Gasteiger partial charge in [0.1, 0.15) is 5.01 Å². The third-order valence-corrected chi connectivity index (χ3v) is 4.02. The molecule has 94 valence electrons. The summed E-state index contributed by atoms with van der Waals surface area (Å²) < 4.78 is 1.16. The third kappa shape index (κ3) is 2.79. The highest BCUT2D eigenvalue weighted by Gasteiger charge is 2.21. The minimum atomic E-state index is -0.0962. The Labute approximate surface area is 109 Å². The molecule has 0 radical (unpaired) electrons. The van der Waals surface area contributed by atoms with Crippen molar-refractivity contribution in [1.29, 1.82) is 0 Å². The van der Waals surface area contributed by atoms with Gasteiger partial charge in [-0.25, -0.2) is 9.78 Å². The van der Waals surface area contributed by atoms with Crippen LogP contribution in [0.3, 0.4) is 0 Å². The number of benzene rings is 1. The molecule has 4 nitrogen and oxygen atoms in total. The summed E-state index contributed by atoms with van der Waals surface area (Å²) in [7, 11) is 0. The lowest BCUT2D eigenvalue weighted by molar-refractivity contribution is 0.240. The van der Waals surface area contributed by atoms with Gasteiger partial charge in [0.15, 0.2) is 0 Å². The second kappa shape index (κ2) is 4.94. The number of rotatable bonds is 4. The van der Waals surface area contributed by atoms with Gasteiger partial charge in [-0.2, -0.15) is 0 Å². The van der Waals surface area contributed by atoms with Crippen LogP contribution in [0.25, 0.3) is 10.2 Å². The lowest BCUT2D eigenvalue weighted by Crippen LogP contribution is -2.36. The minimum Gasteiger partial charge on any atom is -0.338 e. The average molecular weight is 261 g/mol. The lowest BCUT2D eigenvalue weighted by Gasteiger charge is -2.04. The highest BCUT2D eigenvalue weighted by atomic mass is 32.1. The molecular weight excluding hydrogens is 246 g/mol. The van der Waals surface area contributed by atoms with Crippen molar-refractivity contribution in [3.05, 3.63) is 29.3 Å². The van der Waals surface area contributed by atoms with Crippen LogP contribution in [0.5, 0.6) is 0 Å². The van der Waals surface area contributed by atoms with Crippen LogP contribution in [-0.4, -0.2) is 17.6 Å². The van der Waals surface area contributed by atoms with E-state index < -0.39 is 0 Å². The first-order valence-electron chi connectivity index (χ1n) is 6.17. The third-order valence-electron chi connectivity index (χ3n) is 2.99. The highest BCUT2D eigenvalue weighted by Crippen LogP contribution is 2.27. The SMILES string of the molecule is O=C(NCc1nc2ccccc2s1)NCC1CC1. The van der Waals surface area contributed by atoms with Crippen LogP contribution in [0, 0.1) is 5.92 Å². The molecule has 1 aromatic carbocycles. The van der Waals surface area contributed by atoms with Crippen LogP contribution in [0.2, 0.25) is 0 Å². The molecule has 2 N–H and O–H groups in total. The van der Waals surface area contributed by atoms with Crippen molar-refractivity contribution in [3.8, 4) is 0 Å². The Hall–Kier alpha value is -1.62. The van der Waals surface area contributed by atoms with Gasteiger partial charge in [-0.3, -0.25) is 0 Å². The number of urea groups is 1. The molecule has 1 aliphatic carbocycles. The van der Waals surface area contributed by atoms with E-state index in [-0.39, 0.29) is 6.03 Å². The standard InChI is InChI=1S/C13H15N3OS/c17-13(14-7-9-5-6-9)15-8-12-16-10-3-1-2-4-11(10)18-12/h1-4,9H,5-8H2,(H2,14,15,17). The molecule has 0 saturated heterocycles. The van der Waals surface area contributed by atoms with Crippen molar-refractivity contribution in [2.45, 2.75) is 19.4 Å². The van der Waals surface area contributed by atoms with Crippen LogP contribution in [0.1, 0.15) is 17.8 Å². The van der Waals surface area contributed by atoms with Gasteiger partial charge in [0.2, 0.25) is 0 Å². The number of fused-ring (bicyclic) bond motifs is 1. The summed E-state index contributed by atoms with van der Waals surface area (Å²) in [5, 5.41) is 6.66. The predicted octanol–water partition coefficient (Wildman–Crippen LogP) is 2.51. The Kier molecular flexibility index (Phi) is 3.15. The molecule has 0 unspecified atom stereocenters. The summed E-state index contributed by atoms with van der Waals surface area (Å²) in [5.74, 6) is 0.707. The first kappa shape index (κ1) is 11.5. The van der Waals surface area contributed by atoms with Crippen molar-refractivity contribution in [1.82, 2.24) is 15.6 Å². The molecule has 3 rings (SSSR count). The predicted molar refractivity (Wildman–Crippen MR) is 72.6 cm³/mol. The summed E-state index contributed by atoms with van der Waals surface area (Å²) in [6.45, 7) is 1.29. The molecule has 0 spiro atoms. The maximum Gasteiger partial charge on any atom is 0.315 e. The van der Waals surface area contributed by atoms with Gasteiger partial charge in [0, 0.05) is 6.54 Å².